The predicted octanol–water partition coefficient (Wildman–Crippen LogP) is 3.13. The second kappa shape index (κ2) is 6.60. The monoisotopic (exact) mass is 315 g/mol. The van der Waals surface area contributed by atoms with Crippen LogP contribution >= 0.6 is 22.7 Å². The van der Waals surface area contributed by atoms with Crippen LogP contribution in [0.1, 0.15) is 11.3 Å². The highest BCUT2D eigenvalue weighted by atomic mass is 32.1. The van der Waals surface area contributed by atoms with Crippen LogP contribution in [0.15, 0.2) is 46.7 Å². The van der Waals surface area contributed by atoms with E-state index in [9.17, 15) is 4.79 Å². The molecule has 0 aliphatic carbocycles. The molecule has 0 saturated heterocycles. The summed E-state index contributed by atoms with van der Waals surface area (Å²) in [5.41, 5.74) is 2.66. The van der Waals surface area contributed by atoms with Gasteiger partial charge in [-0.25, -0.2) is 0 Å². The van der Waals surface area contributed by atoms with Gasteiger partial charge in [-0.2, -0.15) is 11.3 Å². The summed E-state index contributed by atoms with van der Waals surface area (Å²) in [6, 6.07) is 5.95. The SMILES string of the molecule is O=C(Cc1ccsc1)NCc1nccnc1-c1cccs1. The molecule has 0 unspecified atom stereocenters. The fraction of sp³-hybridized carbons (Fsp3) is 0.133. The molecule has 1 N–H and O–H groups in total. The highest BCUT2D eigenvalue weighted by molar-refractivity contribution is 7.13. The standard InChI is InChI=1S/C15H13N3OS2/c19-14(8-11-3-7-20-10-11)18-9-12-15(17-5-4-16-12)13-2-1-6-21-13/h1-7,10H,8-9H2,(H,18,19). The maximum atomic E-state index is 11.9. The number of carbonyl (C=O) groups excluding carboxylic acids is 1. The Morgan fingerprint density at radius 3 is 2.86 bits per heavy atom. The summed E-state index contributed by atoms with van der Waals surface area (Å²) < 4.78 is 0. The quantitative estimate of drug-likeness (QED) is 0.787. The van der Waals surface area contributed by atoms with Gasteiger partial charge < -0.3 is 5.32 Å². The molecule has 0 aliphatic rings. The molecule has 1 amide bonds. The number of thiophene rings is 2. The van der Waals surface area contributed by atoms with Crippen LogP contribution in [0.4, 0.5) is 0 Å². The minimum atomic E-state index is -0.00353. The summed E-state index contributed by atoms with van der Waals surface area (Å²) in [5, 5.41) is 8.87. The molecule has 0 aromatic carbocycles. The van der Waals surface area contributed by atoms with Crippen molar-refractivity contribution in [1.82, 2.24) is 15.3 Å². The molecule has 106 valence electrons. The lowest BCUT2D eigenvalue weighted by atomic mass is 10.2. The molecule has 21 heavy (non-hydrogen) atoms. The van der Waals surface area contributed by atoms with Crippen molar-refractivity contribution in [3.63, 3.8) is 0 Å². The van der Waals surface area contributed by atoms with Gasteiger partial charge in [-0.3, -0.25) is 14.8 Å². The molecule has 0 bridgehead atoms. The molecule has 6 heteroatoms. The van der Waals surface area contributed by atoms with E-state index in [-0.39, 0.29) is 5.91 Å². The first-order valence-electron chi connectivity index (χ1n) is 6.44. The zero-order valence-corrected chi connectivity index (χ0v) is 12.8. The van der Waals surface area contributed by atoms with E-state index in [0.29, 0.717) is 13.0 Å². The van der Waals surface area contributed by atoms with Gasteiger partial charge >= 0.3 is 0 Å². The number of amides is 1. The molecule has 3 aromatic rings. The molecule has 0 spiro atoms. The van der Waals surface area contributed by atoms with E-state index in [1.807, 2.05) is 34.3 Å². The summed E-state index contributed by atoms with van der Waals surface area (Å²) in [6.07, 6.45) is 3.72. The molecule has 0 aliphatic heterocycles. The number of aromatic nitrogens is 2. The average Bonchev–Trinajstić information content (AvgIpc) is 3.18. The van der Waals surface area contributed by atoms with Crippen LogP contribution in [0.5, 0.6) is 0 Å². The van der Waals surface area contributed by atoms with Gasteiger partial charge in [0.1, 0.15) is 5.69 Å². The Labute approximate surface area is 130 Å². The van der Waals surface area contributed by atoms with E-state index >= 15 is 0 Å². The molecule has 0 fully saturated rings. The van der Waals surface area contributed by atoms with E-state index in [1.54, 1.807) is 35.1 Å². The Hall–Kier alpha value is -2.05. The van der Waals surface area contributed by atoms with Crippen LogP contribution in [-0.2, 0) is 17.8 Å². The van der Waals surface area contributed by atoms with Crippen LogP contribution in [0.25, 0.3) is 10.6 Å². The van der Waals surface area contributed by atoms with Crippen molar-refractivity contribution >= 4 is 28.6 Å². The third kappa shape index (κ3) is 3.53. The lowest BCUT2D eigenvalue weighted by molar-refractivity contribution is -0.120. The van der Waals surface area contributed by atoms with E-state index < -0.39 is 0 Å². The highest BCUT2D eigenvalue weighted by Crippen LogP contribution is 2.24. The van der Waals surface area contributed by atoms with Crippen molar-refractivity contribution in [2.24, 2.45) is 0 Å². The summed E-state index contributed by atoms with van der Waals surface area (Å²) in [5.74, 6) is -0.00353. The first-order chi connectivity index (χ1) is 10.3. The summed E-state index contributed by atoms with van der Waals surface area (Å²) in [6.45, 7) is 0.393. The Balaban J connectivity index is 1.67. The third-order valence-corrected chi connectivity index (χ3v) is 4.54. The molecule has 0 saturated carbocycles. The number of carbonyl (C=O) groups is 1. The molecule has 4 nitrogen and oxygen atoms in total. The molecule has 0 radical (unpaired) electrons. The van der Waals surface area contributed by atoms with Crippen LogP contribution in [-0.4, -0.2) is 15.9 Å². The topological polar surface area (TPSA) is 54.9 Å². The Bertz CT molecular complexity index is 708. The molecule has 3 aromatic heterocycles. The molecule has 3 heterocycles. The number of nitrogens with one attached hydrogen (secondary N) is 1. The Kier molecular flexibility index (Phi) is 4.37. The van der Waals surface area contributed by atoms with Crippen molar-refractivity contribution in [3.8, 4) is 10.6 Å². The highest BCUT2D eigenvalue weighted by Gasteiger charge is 2.10. The first kappa shape index (κ1) is 13.9. The zero-order valence-electron chi connectivity index (χ0n) is 11.2. The van der Waals surface area contributed by atoms with E-state index in [0.717, 1.165) is 21.8 Å². The Morgan fingerprint density at radius 1 is 1.19 bits per heavy atom. The summed E-state index contributed by atoms with van der Waals surface area (Å²) in [4.78, 5) is 21.7. The van der Waals surface area contributed by atoms with Gasteiger partial charge in [0.2, 0.25) is 5.91 Å². The number of rotatable bonds is 5. The van der Waals surface area contributed by atoms with Gasteiger partial charge in [0.15, 0.2) is 0 Å². The minimum Gasteiger partial charge on any atom is -0.350 e. The van der Waals surface area contributed by atoms with Gasteiger partial charge in [-0.05, 0) is 33.8 Å². The summed E-state index contributed by atoms with van der Waals surface area (Å²) in [7, 11) is 0. The average molecular weight is 315 g/mol. The zero-order chi connectivity index (χ0) is 14.5. The smallest absolute Gasteiger partial charge is 0.224 e. The largest absolute Gasteiger partial charge is 0.350 e. The third-order valence-electron chi connectivity index (χ3n) is 2.93. The van der Waals surface area contributed by atoms with Crippen LogP contribution in [0.2, 0.25) is 0 Å². The van der Waals surface area contributed by atoms with E-state index in [1.165, 1.54) is 0 Å². The molecular formula is C15H13N3OS2. The van der Waals surface area contributed by atoms with Crippen LogP contribution in [0.3, 0.4) is 0 Å². The van der Waals surface area contributed by atoms with Crippen molar-refractivity contribution in [3.05, 3.63) is 58.0 Å². The fourth-order valence-corrected chi connectivity index (χ4v) is 3.35. The van der Waals surface area contributed by atoms with E-state index in [2.05, 4.69) is 15.3 Å². The maximum Gasteiger partial charge on any atom is 0.224 e. The molecule has 0 atom stereocenters. The van der Waals surface area contributed by atoms with Crippen molar-refractivity contribution in [1.29, 1.82) is 0 Å². The van der Waals surface area contributed by atoms with Crippen molar-refractivity contribution in [2.75, 3.05) is 0 Å². The maximum absolute atomic E-state index is 11.9. The number of hydrogen-bond acceptors (Lipinski definition) is 5. The van der Waals surface area contributed by atoms with Gasteiger partial charge in [-0.1, -0.05) is 6.07 Å². The second-order valence-electron chi connectivity index (χ2n) is 4.41. The second-order valence-corrected chi connectivity index (χ2v) is 6.14. The summed E-state index contributed by atoms with van der Waals surface area (Å²) >= 11 is 3.21. The van der Waals surface area contributed by atoms with Gasteiger partial charge in [0.25, 0.3) is 0 Å². The van der Waals surface area contributed by atoms with Crippen LogP contribution in [0, 0.1) is 0 Å². The van der Waals surface area contributed by atoms with Gasteiger partial charge in [-0.15, -0.1) is 11.3 Å². The Morgan fingerprint density at radius 2 is 2.10 bits per heavy atom. The van der Waals surface area contributed by atoms with Crippen molar-refractivity contribution in [2.45, 2.75) is 13.0 Å². The first-order valence-corrected chi connectivity index (χ1v) is 8.27. The van der Waals surface area contributed by atoms with Crippen molar-refractivity contribution < 1.29 is 4.79 Å². The molecule has 3 rings (SSSR count). The normalized spacial score (nSPS) is 10.5. The number of nitrogens with zero attached hydrogens (tertiary/aromatic N) is 2. The fourth-order valence-electron chi connectivity index (χ4n) is 1.94. The van der Waals surface area contributed by atoms with Gasteiger partial charge in [0, 0.05) is 12.4 Å². The number of hydrogen-bond donors (Lipinski definition) is 1. The lowest BCUT2D eigenvalue weighted by Crippen LogP contribution is -2.25. The minimum absolute atomic E-state index is 0.00353. The molecular weight excluding hydrogens is 302 g/mol. The van der Waals surface area contributed by atoms with Gasteiger partial charge in [0.05, 0.1) is 23.5 Å². The van der Waals surface area contributed by atoms with E-state index in [4.69, 9.17) is 0 Å². The van der Waals surface area contributed by atoms with Crippen LogP contribution < -0.4 is 5.32 Å². The predicted molar refractivity (Wildman–Crippen MR) is 85.2 cm³/mol. The lowest BCUT2D eigenvalue weighted by Gasteiger charge is -2.07.